The first-order valence-electron chi connectivity index (χ1n) is 8.66. The van der Waals surface area contributed by atoms with Crippen LogP contribution in [0.15, 0.2) is 46.3 Å². The van der Waals surface area contributed by atoms with Crippen LogP contribution < -0.4 is 10.0 Å². The van der Waals surface area contributed by atoms with Gasteiger partial charge in [0.25, 0.3) is 15.9 Å². The van der Waals surface area contributed by atoms with Crippen molar-refractivity contribution in [1.29, 1.82) is 0 Å². The molecular weight excluding hydrogens is 370 g/mol. The minimum atomic E-state index is -3.79. The summed E-state index contributed by atoms with van der Waals surface area (Å²) in [7, 11) is -3.79. The Hall–Kier alpha value is -2.68. The highest BCUT2D eigenvalue weighted by molar-refractivity contribution is 7.90. The molecule has 1 heterocycles. The molecule has 2 rings (SSSR count). The molecule has 0 saturated heterocycles. The highest BCUT2D eigenvalue weighted by Gasteiger charge is 2.18. The molecule has 1 aliphatic heterocycles. The Morgan fingerprint density at radius 1 is 1.26 bits per heavy atom. The summed E-state index contributed by atoms with van der Waals surface area (Å²) in [6.45, 7) is 1.80. The molecule has 2 N–H and O–H groups in total. The molecule has 0 radical (unpaired) electrons. The Morgan fingerprint density at radius 3 is 2.85 bits per heavy atom. The highest BCUT2D eigenvalue weighted by atomic mass is 32.2. The fourth-order valence-electron chi connectivity index (χ4n) is 2.43. The highest BCUT2D eigenvalue weighted by Crippen LogP contribution is 2.16. The predicted octanol–water partition coefficient (Wildman–Crippen LogP) is 2.00. The van der Waals surface area contributed by atoms with E-state index in [1.54, 1.807) is 13.0 Å². The van der Waals surface area contributed by atoms with Crippen LogP contribution in [0.5, 0.6) is 0 Å². The first-order chi connectivity index (χ1) is 12.9. The maximum absolute atomic E-state index is 12.6. The number of esters is 1. The second kappa shape index (κ2) is 9.86. The molecular formula is C18H23N3O5S. The van der Waals surface area contributed by atoms with Crippen LogP contribution in [0.4, 0.5) is 5.69 Å². The molecule has 1 aromatic rings. The van der Waals surface area contributed by atoms with Crippen molar-refractivity contribution in [3.63, 3.8) is 0 Å². The van der Waals surface area contributed by atoms with Gasteiger partial charge in [-0.1, -0.05) is 18.6 Å². The van der Waals surface area contributed by atoms with Gasteiger partial charge in [-0.05, 0) is 38.0 Å². The molecule has 0 fully saturated rings. The number of amidine groups is 1. The van der Waals surface area contributed by atoms with Gasteiger partial charge < -0.3 is 10.1 Å². The maximum atomic E-state index is 12.6. The number of sulfonamides is 1. The topological polar surface area (TPSA) is 114 Å². The van der Waals surface area contributed by atoms with E-state index in [1.807, 2.05) is 0 Å². The van der Waals surface area contributed by atoms with Crippen molar-refractivity contribution in [2.45, 2.75) is 37.5 Å². The van der Waals surface area contributed by atoms with Crippen molar-refractivity contribution in [3.8, 4) is 0 Å². The van der Waals surface area contributed by atoms with Crippen LogP contribution in [0.2, 0.25) is 0 Å². The molecule has 0 saturated carbocycles. The van der Waals surface area contributed by atoms with E-state index in [0.717, 1.165) is 19.3 Å². The van der Waals surface area contributed by atoms with Gasteiger partial charge in [0.1, 0.15) is 5.84 Å². The normalized spacial score (nSPS) is 14.9. The predicted molar refractivity (Wildman–Crippen MR) is 102 cm³/mol. The van der Waals surface area contributed by atoms with Gasteiger partial charge in [0.05, 0.1) is 4.90 Å². The molecule has 1 aromatic carbocycles. The average molecular weight is 393 g/mol. The van der Waals surface area contributed by atoms with E-state index in [2.05, 4.69) is 15.0 Å². The lowest BCUT2D eigenvalue weighted by Crippen LogP contribution is -2.30. The average Bonchev–Trinajstić information content (AvgIpc) is 2.89. The number of amides is 1. The van der Waals surface area contributed by atoms with Crippen LogP contribution in [-0.4, -0.2) is 39.3 Å². The zero-order valence-corrected chi connectivity index (χ0v) is 15.9. The molecule has 1 amide bonds. The third-order valence-electron chi connectivity index (χ3n) is 3.70. The van der Waals surface area contributed by atoms with Crippen LogP contribution >= 0.6 is 0 Å². The molecule has 9 heteroatoms. The van der Waals surface area contributed by atoms with Gasteiger partial charge in [0, 0.05) is 24.7 Å². The van der Waals surface area contributed by atoms with Gasteiger partial charge in [0.15, 0.2) is 6.61 Å². The van der Waals surface area contributed by atoms with Crippen LogP contribution in [-0.2, 0) is 24.3 Å². The Balaban J connectivity index is 2.02. The zero-order chi connectivity index (χ0) is 19.7. The summed E-state index contributed by atoms with van der Waals surface area (Å²) in [5.41, 5.74) is 0.285. The fourth-order valence-corrected chi connectivity index (χ4v) is 3.56. The number of nitrogens with zero attached hydrogens (tertiary/aromatic N) is 1. The number of allylic oxidation sites excluding steroid dienone is 1. The van der Waals surface area contributed by atoms with Crippen molar-refractivity contribution >= 4 is 33.4 Å². The summed E-state index contributed by atoms with van der Waals surface area (Å²) >= 11 is 0. The summed E-state index contributed by atoms with van der Waals surface area (Å²) in [5.74, 6) is -0.737. The molecule has 0 aromatic heterocycles. The molecule has 27 heavy (non-hydrogen) atoms. The van der Waals surface area contributed by atoms with E-state index in [4.69, 9.17) is 4.74 Å². The molecule has 0 bridgehead atoms. The van der Waals surface area contributed by atoms with Gasteiger partial charge in [-0.2, -0.15) is 0 Å². The van der Waals surface area contributed by atoms with E-state index >= 15 is 0 Å². The van der Waals surface area contributed by atoms with Crippen molar-refractivity contribution in [2.24, 2.45) is 4.99 Å². The SMILES string of the molecule is C/C=C/C(=O)OCC(=O)Nc1cccc(S(=O)(=O)NC2=NCCCCC2)c1. The first-order valence-corrected chi connectivity index (χ1v) is 10.1. The lowest BCUT2D eigenvalue weighted by molar-refractivity contribution is -0.142. The summed E-state index contributed by atoms with van der Waals surface area (Å²) in [6, 6.07) is 5.84. The molecule has 0 spiro atoms. The van der Waals surface area contributed by atoms with Gasteiger partial charge in [-0.15, -0.1) is 0 Å². The summed E-state index contributed by atoms with van der Waals surface area (Å²) in [5, 5.41) is 2.50. The van der Waals surface area contributed by atoms with E-state index in [1.165, 1.54) is 30.4 Å². The number of carbonyl (C=O) groups excluding carboxylic acids is 2. The summed E-state index contributed by atoms with van der Waals surface area (Å²) < 4.78 is 32.4. The summed E-state index contributed by atoms with van der Waals surface area (Å²) in [4.78, 5) is 27.3. The second-order valence-electron chi connectivity index (χ2n) is 5.93. The maximum Gasteiger partial charge on any atom is 0.330 e. The van der Waals surface area contributed by atoms with E-state index in [0.29, 0.717) is 18.8 Å². The zero-order valence-electron chi connectivity index (χ0n) is 15.1. The molecule has 0 aliphatic carbocycles. The van der Waals surface area contributed by atoms with E-state index in [9.17, 15) is 18.0 Å². The number of hydrogen-bond donors (Lipinski definition) is 2. The minimum absolute atomic E-state index is 0.0122. The quantitative estimate of drug-likeness (QED) is 0.567. The van der Waals surface area contributed by atoms with Crippen molar-refractivity contribution in [2.75, 3.05) is 18.5 Å². The van der Waals surface area contributed by atoms with Crippen molar-refractivity contribution in [3.05, 3.63) is 36.4 Å². The molecule has 146 valence electrons. The molecule has 0 unspecified atom stereocenters. The Kier molecular flexibility index (Phi) is 7.54. The van der Waals surface area contributed by atoms with Gasteiger partial charge in [-0.3, -0.25) is 14.5 Å². The third-order valence-corrected chi connectivity index (χ3v) is 5.08. The number of rotatable bonds is 6. The Morgan fingerprint density at radius 2 is 2.07 bits per heavy atom. The molecule has 0 atom stereocenters. The lowest BCUT2D eigenvalue weighted by Gasteiger charge is -2.11. The third kappa shape index (κ3) is 6.86. The van der Waals surface area contributed by atoms with E-state index in [-0.39, 0.29) is 10.6 Å². The molecule has 8 nitrogen and oxygen atoms in total. The second-order valence-corrected chi connectivity index (χ2v) is 7.61. The molecule has 1 aliphatic rings. The number of benzene rings is 1. The van der Waals surface area contributed by atoms with Crippen LogP contribution in [0.1, 0.15) is 32.6 Å². The number of anilines is 1. The monoisotopic (exact) mass is 393 g/mol. The summed E-state index contributed by atoms with van der Waals surface area (Å²) in [6.07, 6.45) is 6.15. The minimum Gasteiger partial charge on any atom is -0.452 e. The van der Waals surface area contributed by atoms with Gasteiger partial charge >= 0.3 is 5.97 Å². The van der Waals surface area contributed by atoms with Crippen molar-refractivity contribution in [1.82, 2.24) is 4.72 Å². The Labute approximate surface area is 158 Å². The largest absolute Gasteiger partial charge is 0.452 e. The van der Waals surface area contributed by atoms with E-state index < -0.39 is 28.5 Å². The van der Waals surface area contributed by atoms with Crippen LogP contribution in [0.25, 0.3) is 0 Å². The van der Waals surface area contributed by atoms with Gasteiger partial charge in [-0.25, -0.2) is 13.2 Å². The van der Waals surface area contributed by atoms with Crippen LogP contribution in [0, 0.1) is 0 Å². The number of carbonyl (C=O) groups is 2. The Bertz CT molecular complexity index is 846. The fraction of sp³-hybridized carbons (Fsp3) is 0.389. The standard InChI is InChI=1S/C18H23N3O5S/c1-2-7-18(23)26-13-17(22)20-14-8-6-9-15(12-14)27(24,25)21-16-10-4-3-5-11-19-16/h2,6-9,12H,3-5,10-11,13H2,1H3,(H,19,21)(H,20,22)/b7-2+. The number of nitrogens with one attached hydrogen (secondary N) is 2. The van der Waals surface area contributed by atoms with Crippen molar-refractivity contribution < 1.29 is 22.7 Å². The lowest BCUT2D eigenvalue weighted by atomic mass is 10.2. The number of hydrogen-bond acceptors (Lipinski definition) is 6. The van der Waals surface area contributed by atoms with Crippen LogP contribution in [0.3, 0.4) is 0 Å². The number of aliphatic imine (C=N–C) groups is 1. The smallest absolute Gasteiger partial charge is 0.330 e. The first kappa shape index (κ1) is 20.6. The van der Waals surface area contributed by atoms with Gasteiger partial charge in [0.2, 0.25) is 0 Å². The number of ether oxygens (including phenoxy) is 1.